The van der Waals surface area contributed by atoms with Gasteiger partial charge >= 0.3 is 13.8 Å². The Morgan fingerprint density at radius 3 is 1.93 bits per heavy atom. The minimum atomic E-state index is -4.69. The van der Waals surface area contributed by atoms with E-state index < -0.39 is 19.9 Å². The highest BCUT2D eigenvalue weighted by atomic mass is 31.2. The minimum Gasteiger partial charge on any atom is -0.394 e. The third-order valence-corrected chi connectivity index (χ3v) is 1.22. The maximum absolute atomic E-state index is 10.3. The van der Waals surface area contributed by atoms with Crippen molar-refractivity contribution in [1.29, 1.82) is 0 Å². The van der Waals surface area contributed by atoms with Gasteiger partial charge in [-0.15, -0.1) is 0 Å². The van der Waals surface area contributed by atoms with E-state index in [1.165, 1.54) is 13.8 Å². The molecule has 4 N–H and O–H groups in total. The van der Waals surface area contributed by atoms with Crippen LogP contribution in [-0.2, 0) is 13.9 Å². The summed E-state index contributed by atoms with van der Waals surface area (Å²) in [5.74, 6) is -1.09. The van der Waals surface area contributed by atoms with Crippen LogP contribution in [0.25, 0.3) is 0 Å². The number of aliphatic hydroxyl groups excluding tert-OH is 2. The van der Waals surface area contributed by atoms with E-state index >= 15 is 0 Å². The molecule has 0 aromatic rings. The number of hydrogen-bond donors (Lipinski definition) is 4. The molecule has 0 aromatic heterocycles. The van der Waals surface area contributed by atoms with Crippen LogP contribution in [0.15, 0.2) is 12.2 Å². The molecule has 0 spiro atoms. The molecule has 0 aliphatic rings. The molecule has 15 heavy (non-hydrogen) atoms. The topological polar surface area (TPSA) is 124 Å². The van der Waals surface area contributed by atoms with Crippen LogP contribution < -0.4 is 0 Å². The monoisotopic (exact) mass is 242 g/mol. The molecule has 1 atom stereocenters. The maximum atomic E-state index is 10.3. The minimum absolute atomic E-state index is 0.0525. The van der Waals surface area contributed by atoms with Gasteiger partial charge in [0.15, 0.2) is 0 Å². The summed E-state index contributed by atoms with van der Waals surface area (Å²) in [5.41, 5.74) is -0.0525. The Bertz CT molecular complexity index is 254. The third kappa shape index (κ3) is 16.0. The first kappa shape index (κ1) is 16.7. The molecule has 0 aliphatic carbocycles. The van der Waals surface area contributed by atoms with Crippen LogP contribution in [0.3, 0.4) is 0 Å². The summed E-state index contributed by atoms with van der Waals surface area (Å²) < 4.78 is 13.6. The molecule has 90 valence electrons. The van der Waals surface area contributed by atoms with Gasteiger partial charge in [-0.25, -0.2) is 9.36 Å². The van der Waals surface area contributed by atoms with Crippen molar-refractivity contribution in [3.05, 3.63) is 12.2 Å². The zero-order chi connectivity index (χ0) is 12.6. The molecule has 1 unspecified atom stereocenters. The molecular weight excluding hydrogens is 227 g/mol. The Morgan fingerprint density at radius 2 is 1.87 bits per heavy atom. The summed E-state index contributed by atoms with van der Waals surface area (Å²) in [4.78, 5) is 26.5. The average molecular weight is 242 g/mol. The van der Waals surface area contributed by atoms with Crippen LogP contribution in [0.5, 0.6) is 0 Å². The first-order valence-corrected chi connectivity index (χ1v) is 5.37. The average Bonchev–Trinajstić information content (AvgIpc) is 2.02. The molecule has 0 aromatic carbocycles. The fourth-order valence-corrected chi connectivity index (χ4v) is 0.558. The number of carbonyl (C=O) groups excluding carboxylic acids is 1. The van der Waals surface area contributed by atoms with Crippen LogP contribution in [0.1, 0.15) is 13.8 Å². The van der Waals surface area contributed by atoms with Crippen molar-refractivity contribution in [2.75, 3.05) is 6.61 Å². The molecule has 0 amide bonds. The predicted molar refractivity (Wildman–Crippen MR) is 51.7 cm³/mol. The molecule has 7 nitrogen and oxygen atoms in total. The third-order valence-electron chi connectivity index (χ3n) is 0.815. The van der Waals surface area contributed by atoms with E-state index in [2.05, 4.69) is 11.1 Å². The Hall–Kier alpha value is -0.720. The number of rotatable bonds is 3. The zero-order valence-electron chi connectivity index (χ0n) is 8.45. The molecule has 0 rings (SSSR count). The second-order valence-corrected chi connectivity index (χ2v) is 3.84. The molecule has 0 aliphatic heterocycles. The van der Waals surface area contributed by atoms with Crippen molar-refractivity contribution in [2.45, 2.75) is 20.0 Å². The second-order valence-electron chi connectivity index (χ2n) is 2.68. The molecule has 0 bridgehead atoms. The van der Waals surface area contributed by atoms with Gasteiger partial charge in [0.2, 0.25) is 0 Å². The maximum Gasteiger partial charge on any atom is 0.527 e. The molecule has 0 saturated heterocycles. The van der Waals surface area contributed by atoms with Gasteiger partial charge in [0.05, 0.1) is 12.7 Å². The lowest BCUT2D eigenvalue weighted by molar-refractivity contribution is -0.131. The fourth-order valence-electron chi connectivity index (χ4n) is 0.186. The number of phosphoric acid groups is 1. The van der Waals surface area contributed by atoms with Gasteiger partial charge in [-0.3, -0.25) is 9.79 Å². The summed E-state index contributed by atoms with van der Waals surface area (Å²) in [5, 5.41) is 16.0. The van der Waals surface area contributed by atoms with Crippen molar-refractivity contribution in [1.82, 2.24) is 0 Å². The van der Waals surface area contributed by atoms with E-state index in [1.54, 1.807) is 0 Å². The molecule has 0 saturated carbocycles. The lowest BCUT2D eigenvalue weighted by atomic mass is 10.4. The SMILES string of the molecule is C=C(C)C(=O)OP(=O)(O)O.CC(O)CO. The lowest BCUT2D eigenvalue weighted by Crippen LogP contribution is -2.03. The van der Waals surface area contributed by atoms with Crippen molar-refractivity contribution in [2.24, 2.45) is 0 Å². The van der Waals surface area contributed by atoms with Crippen molar-refractivity contribution in [3.63, 3.8) is 0 Å². The van der Waals surface area contributed by atoms with Crippen LogP contribution >= 0.6 is 7.82 Å². The Morgan fingerprint density at radius 1 is 1.53 bits per heavy atom. The molecule has 0 heterocycles. The van der Waals surface area contributed by atoms with E-state index in [4.69, 9.17) is 20.0 Å². The first-order chi connectivity index (χ1) is 6.60. The predicted octanol–water partition coefficient (Wildman–Crippen LogP) is -0.442. The van der Waals surface area contributed by atoms with Gasteiger partial charge in [0, 0.05) is 5.57 Å². The normalized spacial score (nSPS) is 12.1. The van der Waals surface area contributed by atoms with Gasteiger partial charge in [-0.1, -0.05) is 6.58 Å². The number of aliphatic hydroxyl groups is 2. The molecule has 8 heteroatoms. The van der Waals surface area contributed by atoms with E-state index in [1.807, 2.05) is 0 Å². The van der Waals surface area contributed by atoms with Crippen LogP contribution in [0.2, 0.25) is 0 Å². The second kappa shape index (κ2) is 7.56. The molecular formula is C7H15O7P. The first-order valence-electron chi connectivity index (χ1n) is 3.84. The number of hydrogen-bond acceptors (Lipinski definition) is 5. The lowest BCUT2D eigenvalue weighted by Gasteiger charge is -2.02. The summed E-state index contributed by atoms with van der Waals surface area (Å²) >= 11 is 0. The largest absolute Gasteiger partial charge is 0.527 e. The summed E-state index contributed by atoms with van der Waals surface area (Å²) in [6.07, 6.45) is -0.560. The van der Waals surface area contributed by atoms with E-state index in [0.717, 1.165) is 0 Å². The van der Waals surface area contributed by atoms with E-state index in [-0.39, 0.29) is 12.2 Å². The van der Waals surface area contributed by atoms with Crippen LogP contribution in [0.4, 0.5) is 0 Å². The van der Waals surface area contributed by atoms with Crippen molar-refractivity contribution < 1.29 is 33.9 Å². The van der Waals surface area contributed by atoms with Gasteiger partial charge < -0.3 is 14.7 Å². The highest BCUT2D eigenvalue weighted by Crippen LogP contribution is 2.36. The highest BCUT2D eigenvalue weighted by Gasteiger charge is 2.20. The summed E-state index contributed by atoms with van der Waals surface area (Å²) in [6.45, 7) is 5.80. The molecule has 0 fully saturated rings. The van der Waals surface area contributed by atoms with Crippen LogP contribution in [-0.4, -0.2) is 38.7 Å². The number of phosphoric ester groups is 1. The van der Waals surface area contributed by atoms with E-state index in [9.17, 15) is 9.36 Å². The van der Waals surface area contributed by atoms with Gasteiger partial charge in [0.25, 0.3) is 0 Å². The Balaban J connectivity index is 0. The quantitative estimate of drug-likeness (QED) is 0.390. The van der Waals surface area contributed by atoms with Gasteiger partial charge in [-0.2, -0.15) is 0 Å². The Kier molecular flexibility index (Phi) is 8.41. The number of carbonyl (C=O) groups is 1. The fraction of sp³-hybridized carbons (Fsp3) is 0.571. The molecule has 0 radical (unpaired) electrons. The standard InChI is InChI=1S/C4H7O5P.C3H8O2/c1-3(2)4(5)9-10(6,7)8;1-3(5)2-4/h1H2,2H3,(H2,6,7,8);3-5H,2H2,1H3. The zero-order valence-corrected chi connectivity index (χ0v) is 9.35. The Labute approximate surface area is 87.2 Å². The van der Waals surface area contributed by atoms with Crippen molar-refractivity contribution >= 4 is 13.8 Å². The highest BCUT2D eigenvalue weighted by molar-refractivity contribution is 7.46. The van der Waals surface area contributed by atoms with Crippen LogP contribution in [0, 0.1) is 0 Å². The van der Waals surface area contributed by atoms with E-state index in [0.29, 0.717) is 0 Å². The summed E-state index contributed by atoms with van der Waals surface area (Å²) in [6, 6.07) is 0. The van der Waals surface area contributed by atoms with Crippen molar-refractivity contribution in [3.8, 4) is 0 Å². The smallest absolute Gasteiger partial charge is 0.394 e. The van der Waals surface area contributed by atoms with Gasteiger partial charge in [0.1, 0.15) is 0 Å². The van der Waals surface area contributed by atoms with Gasteiger partial charge in [-0.05, 0) is 13.8 Å². The summed E-state index contributed by atoms with van der Waals surface area (Å²) in [7, 11) is -4.69.